The van der Waals surface area contributed by atoms with Gasteiger partial charge in [0, 0.05) is 35.0 Å². The van der Waals surface area contributed by atoms with E-state index in [4.69, 9.17) is 20.2 Å². The van der Waals surface area contributed by atoms with E-state index in [1.54, 1.807) is 0 Å². The minimum atomic E-state index is -0.515. The van der Waals surface area contributed by atoms with Gasteiger partial charge in [-0.05, 0) is 83.9 Å². The molecule has 0 saturated carbocycles. The van der Waals surface area contributed by atoms with Gasteiger partial charge in [-0.1, -0.05) is 25.5 Å². The first-order valence-corrected chi connectivity index (χ1v) is 13.3. The minimum absolute atomic E-state index is 0.106. The first kappa shape index (κ1) is 26.0. The first-order valence-electron chi connectivity index (χ1n) is 12.5. The number of rotatable bonds is 8. The van der Waals surface area contributed by atoms with Crippen molar-refractivity contribution in [2.24, 2.45) is 16.8 Å². The van der Waals surface area contributed by atoms with E-state index in [0.29, 0.717) is 52.8 Å². The molecule has 1 aliphatic carbocycles. The van der Waals surface area contributed by atoms with E-state index in [2.05, 4.69) is 28.9 Å². The summed E-state index contributed by atoms with van der Waals surface area (Å²) in [5.41, 5.74) is 10.6. The second kappa shape index (κ2) is 11.3. The molecule has 2 N–H and O–H groups in total. The maximum absolute atomic E-state index is 13.4. The predicted octanol–water partition coefficient (Wildman–Crippen LogP) is 6.74. The van der Waals surface area contributed by atoms with Gasteiger partial charge in [0.2, 0.25) is 0 Å². The number of ketones is 1. The second-order valence-electron chi connectivity index (χ2n) is 9.48. The molecule has 1 aliphatic heterocycles. The van der Waals surface area contributed by atoms with Gasteiger partial charge in [0.15, 0.2) is 17.3 Å². The molecular formula is C29H32BrN3O3. The number of nitrogens with zero attached hydrogens (tertiary/aromatic N) is 2. The number of allylic oxidation sites excluding steroid dienone is 2. The maximum Gasteiger partial charge on any atom is 0.175 e. The normalized spacial score (nSPS) is 21.5. The number of halogens is 1. The van der Waals surface area contributed by atoms with Crippen molar-refractivity contribution in [1.29, 1.82) is 5.26 Å². The molecule has 0 amide bonds. The van der Waals surface area contributed by atoms with Crippen LogP contribution in [-0.4, -0.2) is 18.1 Å². The summed E-state index contributed by atoms with van der Waals surface area (Å²) in [5, 5.41) is 10.1. The average molecular weight is 550 g/mol. The SMILES string of the molecule is CCCC1CC(=O)C2=C(C1)N=C(C)C(C#N)C2c1cc(Br)c(OCc2ccc(N)cc2)c(OCC)c1. The number of ether oxygens (including phenoxy) is 2. The molecule has 7 heteroatoms. The van der Waals surface area contributed by atoms with Crippen LogP contribution in [0.3, 0.4) is 0 Å². The van der Waals surface area contributed by atoms with Crippen molar-refractivity contribution in [2.75, 3.05) is 12.3 Å². The molecule has 0 spiro atoms. The Morgan fingerprint density at radius 1 is 1.17 bits per heavy atom. The van der Waals surface area contributed by atoms with E-state index in [1.165, 1.54) is 0 Å². The Bertz CT molecular complexity index is 1240. The van der Waals surface area contributed by atoms with Crippen molar-refractivity contribution in [3.63, 3.8) is 0 Å². The molecule has 4 rings (SSSR count). The van der Waals surface area contributed by atoms with Crippen molar-refractivity contribution in [2.45, 2.75) is 59.0 Å². The second-order valence-corrected chi connectivity index (χ2v) is 10.3. The van der Waals surface area contributed by atoms with Gasteiger partial charge in [-0.2, -0.15) is 5.26 Å². The van der Waals surface area contributed by atoms with Gasteiger partial charge < -0.3 is 15.2 Å². The van der Waals surface area contributed by atoms with Crippen molar-refractivity contribution < 1.29 is 14.3 Å². The smallest absolute Gasteiger partial charge is 0.175 e. The number of carbonyl (C=O) groups is 1. The van der Waals surface area contributed by atoms with Crippen molar-refractivity contribution in [1.82, 2.24) is 0 Å². The number of nitrogens with two attached hydrogens (primary N) is 1. The van der Waals surface area contributed by atoms with Gasteiger partial charge in [-0.3, -0.25) is 9.79 Å². The van der Waals surface area contributed by atoms with Crippen LogP contribution in [0.2, 0.25) is 0 Å². The Hall–Kier alpha value is -3.11. The molecule has 0 bridgehead atoms. The highest BCUT2D eigenvalue weighted by atomic mass is 79.9. The fourth-order valence-corrected chi connectivity index (χ4v) is 5.79. The van der Waals surface area contributed by atoms with Crippen LogP contribution < -0.4 is 15.2 Å². The number of Topliss-reactive ketones (excluding diaryl/α,β-unsaturated/α-hetero) is 1. The number of hydrogen-bond donors (Lipinski definition) is 1. The van der Waals surface area contributed by atoms with Crippen LogP contribution >= 0.6 is 15.9 Å². The summed E-state index contributed by atoms with van der Waals surface area (Å²) in [6.07, 6.45) is 3.33. The lowest BCUT2D eigenvalue weighted by Gasteiger charge is -2.35. The lowest BCUT2D eigenvalue weighted by atomic mass is 9.70. The minimum Gasteiger partial charge on any atom is -0.490 e. The zero-order chi connectivity index (χ0) is 25.8. The van der Waals surface area contributed by atoms with E-state index < -0.39 is 5.92 Å². The first-order chi connectivity index (χ1) is 17.4. The standard InChI is InChI=1S/C29H32BrN3O3/c1-4-6-19-11-24-28(25(34)12-19)27(22(15-31)17(3)33-24)20-13-23(30)29(26(14-20)35-5-2)36-16-18-7-9-21(32)10-8-18/h7-10,13-14,19,22,27H,4-6,11-12,16,32H2,1-3H3. The molecule has 188 valence electrons. The number of anilines is 1. The third-order valence-corrected chi connectivity index (χ3v) is 7.45. The third-order valence-electron chi connectivity index (χ3n) is 6.86. The Balaban J connectivity index is 1.73. The van der Waals surface area contributed by atoms with Crippen LogP contribution in [0.1, 0.15) is 63.5 Å². The zero-order valence-electron chi connectivity index (χ0n) is 21.0. The van der Waals surface area contributed by atoms with Crippen LogP contribution in [0.15, 0.2) is 57.1 Å². The number of nitriles is 1. The highest BCUT2D eigenvalue weighted by Crippen LogP contribution is 2.48. The van der Waals surface area contributed by atoms with E-state index in [1.807, 2.05) is 50.2 Å². The monoisotopic (exact) mass is 549 g/mol. The fraction of sp³-hybridized carbons (Fsp3) is 0.414. The molecule has 36 heavy (non-hydrogen) atoms. The molecule has 3 atom stereocenters. The number of nitrogen functional groups attached to an aromatic ring is 1. The Morgan fingerprint density at radius 3 is 2.58 bits per heavy atom. The van der Waals surface area contributed by atoms with Gasteiger partial charge in [0.1, 0.15) is 6.61 Å². The number of hydrogen-bond acceptors (Lipinski definition) is 6. The summed E-state index contributed by atoms with van der Waals surface area (Å²) in [7, 11) is 0. The lowest BCUT2D eigenvalue weighted by molar-refractivity contribution is -0.117. The van der Waals surface area contributed by atoms with E-state index >= 15 is 0 Å². The van der Waals surface area contributed by atoms with Crippen LogP contribution in [0.4, 0.5) is 5.69 Å². The summed E-state index contributed by atoms with van der Waals surface area (Å²) in [5.74, 6) is 0.668. The molecule has 0 saturated heterocycles. The third kappa shape index (κ3) is 5.34. The number of carbonyl (C=O) groups excluding carboxylic acids is 1. The Kier molecular flexibility index (Phi) is 8.15. The summed E-state index contributed by atoms with van der Waals surface area (Å²) < 4.78 is 12.8. The molecule has 2 aromatic rings. The topological polar surface area (TPSA) is 97.7 Å². The van der Waals surface area contributed by atoms with Crippen LogP contribution in [0, 0.1) is 23.2 Å². The lowest BCUT2D eigenvalue weighted by Crippen LogP contribution is -2.32. The summed E-state index contributed by atoms with van der Waals surface area (Å²) in [6.45, 7) is 6.75. The molecular weight excluding hydrogens is 518 g/mol. The van der Waals surface area contributed by atoms with Crippen molar-refractivity contribution >= 4 is 33.1 Å². The Morgan fingerprint density at radius 2 is 1.92 bits per heavy atom. The molecule has 6 nitrogen and oxygen atoms in total. The number of aliphatic imine (C=N–C) groups is 1. The molecule has 0 radical (unpaired) electrons. The van der Waals surface area contributed by atoms with E-state index in [0.717, 1.165) is 41.8 Å². The zero-order valence-corrected chi connectivity index (χ0v) is 22.6. The van der Waals surface area contributed by atoms with Gasteiger partial charge in [-0.15, -0.1) is 0 Å². The van der Waals surface area contributed by atoms with Crippen molar-refractivity contribution in [3.8, 4) is 17.6 Å². The average Bonchev–Trinajstić information content (AvgIpc) is 2.84. The molecule has 2 aliphatic rings. The highest BCUT2D eigenvalue weighted by molar-refractivity contribution is 9.10. The van der Waals surface area contributed by atoms with E-state index in [9.17, 15) is 10.1 Å². The summed E-state index contributed by atoms with van der Waals surface area (Å²) in [6, 6.07) is 13.8. The van der Waals surface area contributed by atoms with Gasteiger partial charge in [0.25, 0.3) is 0 Å². The summed E-state index contributed by atoms with van der Waals surface area (Å²) >= 11 is 3.67. The molecule has 1 heterocycles. The van der Waals surface area contributed by atoms with Gasteiger partial charge in [0.05, 0.1) is 23.1 Å². The quantitative estimate of drug-likeness (QED) is 0.367. The maximum atomic E-state index is 13.4. The molecule has 0 fully saturated rings. The van der Waals surface area contributed by atoms with Crippen LogP contribution in [-0.2, 0) is 11.4 Å². The molecule has 3 unspecified atom stereocenters. The fourth-order valence-electron chi connectivity index (χ4n) is 5.22. The van der Waals surface area contributed by atoms with Gasteiger partial charge in [-0.25, -0.2) is 0 Å². The summed E-state index contributed by atoms with van der Waals surface area (Å²) in [4.78, 5) is 18.2. The van der Waals surface area contributed by atoms with Gasteiger partial charge >= 0.3 is 0 Å². The Labute approximate surface area is 221 Å². The largest absolute Gasteiger partial charge is 0.490 e. The van der Waals surface area contributed by atoms with Crippen LogP contribution in [0.5, 0.6) is 11.5 Å². The molecule has 2 aromatic carbocycles. The van der Waals surface area contributed by atoms with Crippen molar-refractivity contribution in [3.05, 3.63) is 63.3 Å². The van der Waals surface area contributed by atoms with E-state index in [-0.39, 0.29) is 11.7 Å². The van der Waals surface area contributed by atoms with Crippen LogP contribution in [0.25, 0.3) is 0 Å². The molecule has 0 aromatic heterocycles. The highest BCUT2D eigenvalue weighted by Gasteiger charge is 2.41. The number of benzene rings is 2. The predicted molar refractivity (Wildman–Crippen MR) is 145 cm³/mol.